The van der Waals surface area contributed by atoms with E-state index in [9.17, 15) is 19.6 Å². The number of aliphatic hydroxyl groups is 2. The highest BCUT2D eigenvalue weighted by Crippen LogP contribution is 2.38. The van der Waals surface area contributed by atoms with Crippen molar-refractivity contribution in [3.8, 4) is 0 Å². The number of aromatic amines is 1. The first-order chi connectivity index (χ1) is 11.2. The number of fused-ring (bicyclic) bond motifs is 1. The van der Waals surface area contributed by atoms with Crippen molar-refractivity contribution in [3.63, 3.8) is 0 Å². The predicted octanol–water partition coefficient (Wildman–Crippen LogP) is -1.84. The molecule has 2 aromatic heterocycles. The molecule has 13 heteroatoms. The standard InChI is InChI=1S/C11H15N4O8P/c1-4-13-9-6(10(18)14-4)12-3-15(9)11-8(17)7(16)5(23-11)2-22-24(19,20)21/h3,5,7-8,11,16-17H,2H2,1H3,(H,13,14,18)(H2,19,20,21)/t5-,7-,8-,11?/m0/s1. The molecular weight excluding hydrogens is 347 g/mol. The van der Waals surface area contributed by atoms with E-state index in [1.165, 1.54) is 10.9 Å². The summed E-state index contributed by atoms with van der Waals surface area (Å²) >= 11 is 0. The number of aryl methyl sites for hydroxylation is 1. The number of aliphatic hydroxyl groups excluding tert-OH is 2. The molecule has 0 aromatic carbocycles. The zero-order valence-electron chi connectivity index (χ0n) is 12.3. The number of rotatable bonds is 4. The zero-order valence-corrected chi connectivity index (χ0v) is 13.2. The number of aromatic nitrogens is 4. The number of ether oxygens (including phenoxy) is 1. The molecule has 0 saturated carbocycles. The molecule has 1 unspecified atom stereocenters. The molecule has 132 valence electrons. The van der Waals surface area contributed by atoms with Crippen LogP contribution >= 0.6 is 7.82 Å². The largest absolute Gasteiger partial charge is 0.469 e. The van der Waals surface area contributed by atoms with Crippen molar-refractivity contribution in [1.82, 2.24) is 19.5 Å². The second-order valence-electron chi connectivity index (χ2n) is 5.31. The van der Waals surface area contributed by atoms with Crippen LogP contribution in [0.1, 0.15) is 12.1 Å². The van der Waals surface area contributed by atoms with Crippen molar-refractivity contribution in [1.29, 1.82) is 0 Å². The van der Waals surface area contributed by atoms with Crippen molar-refractivity contribution in [2.45, 2.75) is 31.5 Å². The minimum Gasteiger partial charge on any atom is -0.387 e. The van der Waals surface area contributed by atoms with Crippen LogP contribution in [0.15, 0.2) is 11.1 Å². The monoisotopic (exact) mass is 362 g/mol. The number of nitrogens with zero attached hydrogens (tertiary/aromatic N) is 3. The van der Waals surface area contributed by atoms with Gasteiger partial charge in [-0.2, -0.15) is 0 Å². The van der Waals surface area contributed by atoms with Gasteiger partial charge in [0.25, 0.3) is 5.56 Å². The van der Waals surface area contributed by atoms with E-state index in [0.717, 1.165) is 0 Å². The average Bonchev–Trinajstić information content (AvgIpc) is 3.00. The molecule has 0 radical (unpaired) electrons. The average molecular weight is 362 g/mol. The van der Waals surface area contributed by atoms with E-state index in [1.807, 2.05) is 0 Å². The van der Waals surface area contributed by atoms with Gasteiger partial charge in [0.2, 0.25) is 0 Å². The number of phosphoric acid groups is 1. The second kappa shape index (κ2) is 6.01. The van der Waals surface area contributed by atoms with Gasteiger partial charge in [0.05, 0.1) is 12.9 Å². The first kappa shape index (κ1) is 17.2. The third-order valence-corrected chi connectivity index (χ3v) is 4.05. The van der Waals surface area contributed by atoms with Crippen LogP contribution in [0.3, 0.4) is 0 Å². The van der Waals surface area contributed by atoms with Gasteiger partial charge in [-0.1, -0.05) is 0 Å². The van der Waals surface area contributed by atoms with Crippen molar-refractivity contribution in [3.05, 3.63) is 22.5 Å². The molecule has 1 saturated heterocycles. The van der Waals surface area contributed by atoms with E-state index >= 15 is 0 Å². The summed E-state index contributed by atoms with van der Waals surface area (Å²) in [7, 11) is -4.75. The Morgan fingerprint density at radius 3 is 2.79 bits per heavy atom. The molecule has 5 N–H and O–H groups in total. The molecule has 1 fully saturated rings. The third-order valence-electron chi connectivity index (χ3n) is 3.57. The lowest BCUT2D eigenvalue weighted by molar-refractivity contribution is -0.0504. The fraction of sp³-hybridized carbons (Fsp3) is 0.545. The number of nitrogens with one attached hydrogen (secondary N) is 1. The van der Waals surface area contributed by atoms with Crippen molar-refractivity contribution in [2.24, 2.45) is 0 Å². The molecule has 12 nitrogen and oxygen atoms in total. The number of imidazole rings is 1. The topological polar surface area (TPSA) is 180 Å². The summed E-state index contributed by atoms with van der Waals surface area (Å²) in [6.07, 6.45) is -4.00. The molecule has 1 aliphatic rings. The molecular formula is C11H15N4O8P. The lowest BCUT2D eigenvalue weighted by Crippen LogP contribution is -2.33. The van der Waals surface area contributed by atoms with Crippen LogP contribution in [0.4, 0.5) is 0 Å². The SMILES string of the molecule is Cc1nc2c(ncn2C2O[C@@H](COP(=O)(O)O)[C@H](O)[C@@H]2O)c(=O)[nH]1. The molecule has 1 aliphatic heterocycles. The van der Waals surface area contributed by atoms with E-state index in [-0.39, 0.29) is 11.2 Å². The van der Waals surface area contributed by atoms with E-state index < -0.39 is 44.5 Å². The van der Waals surface area contributed by atoms with Crippen molar-refractivity contribution < 1.29 is 33.8 Å². The highest BCUT2D eigenvalue weighted by molar-refractivity contribution is 7.46. The normalized spacial score (nSPS) is 27.9. The van der Waals surface area contributed by atoms with Gasteiger partial charge in [-0.05, 0) is 6.92 Å². The van der Waals surface area contributed by atoms with E-state index in [0.29, 0.717) is 5.82 Å². The van der Waals surface area contributed by atoms with Gasteiger partial charge in [0.15, 0.2) is 17.4 Å². The van der Waals surface area contributed by atoms with E-state index in [4.69, 9.17) is 14.5 Å². The molecule has 3 rings (SSSR count). The van der Waals surface area contributed by atoms with Gasteiger partial charge in [-0.25, -0.2) is 14.5 Å². The number of hydrogen-bond donors (Lipinski definition) is 5. The van der Waals surface area contributed by atoms with Crippen molar-refractivity contribution >= 4 is 19.0 Å². The molecule has 0 spiro atoms. The van der Waals surface area contributed by atoms with Crippen LogP contribution in [-0.2, 0) is 13.8 Å². The Labute approximate surface area is 133 Å². The minimum absolute atomic E-state index is 0.0285. The Balaban J connectivity index is 1.90. The summed E-state index contributed by atoms with van der Waals surface area (Å²) in [5.41, 5.74) is -0.296. The quantitative estimate of drug-likeness (QED) is 0.388. The fourth-order valence-electron chi connectivity index (χ4n) is 2.49. The van der Waals surface area contributed by atoms with Crippen LogP contribution in [0.5, 0.6) is 0 Å². The Bertz CT molecular complexity index is 859. The Morgan fingerprint density at radius 1 is 1.42 bits per heavy atom. The molecule has 0 amide bonds. The Morgan fingerprint density at radius 2 is 2.12 bits per heavy atom. The van der Waals surface area contributed by atoms with Gasteiger partial charge in [-0.15, -0.1) is 0 Å². The van der Waals surface area contributed by atoms with Crippen LogP contribution < -0.4 is 5.56 Å². The third kappa shape index (κ3) is 3.13. The highest BCUT2D eigenvalue weighted by Gasteiger charge is 2.45. The molecule has 0 aliphatic carbocycles. The van der Waals surface area contributed by atoms with E-state index in [1.54, 1.807) is 6.92 Å². The summed E-state index contributed by atoms with van der Waals surface area (Å²) in [5, 5.41) is 20.1. The smallest absolute Gasteiger partial charge is 0.387 e. The summed E-state index contributed by atoms with van der Waals surface area (Å²) in [6.45, 7) is 0.939. The maximum atomic E-state index is 11.8. The van der Waals surface area contributed by atoms with Gasteiger partial charge >= 0.3 is 7.82 Å². The van der Waals surface area contributed by atoms with Crippen LogP contribution in [0.25, 0.3) is 11.2 Å². The molecule has 3 heterocycles. The van der Waals surface area contributed by atoms with Crippen molar-refractivity contribution in [2.75, 3.05) is 6.61 Å². The fourth-order valence-corrected chi connectivity index (χ4v) is 2.83. The summed E-state index contributed by atoms with van der Waals surface area (Å²) in [6, 6.07) is 0. The molecule has 24 heavy (non-hydrogen) atoms. The Kier molecular flexibility index (Phi) is 4.30. The molecule has 0 bridgehead atoms. The summed E-state index contributed by atoms with van der Waals surface area (Å²) in [4.78, 5) is 39.7. The summed E-state index contributed by atoms with van der Waals surface area (Å²) < 4.78 is 21.7. The van der Waals surface area contributed by atoms with Gasteiger partial charge < -0.3 is 29.7 Å². The Hall–Kier alpha value is -1.66. The number of phosphoric ester groups is 1. The lowest BCUT2D eigenvalue weighted by Gasteiger charge is -2.16. The van der Waals surface area contributed by atoms with Crippen LogP contribution in [0, 0.1) is 6.92 Å². The predicted molar refractivity (Wildman–Crippen MR) is 76.8 cm³/mol. The maximum Gasteiger partial charge on any atom is 0.469 e. The van der Waals surface area contributed by atoms with Crippen LogP contribution in [-0.4, -0.2) is 64.4 Å². The number of hydrogen-bond acceptors (Lipinski definition) is 8. The maximum absolute atomic E-state index is 11.8. The number of H-pyrrole nitrogens is 1. The zero-order chi connectivity index (χ0) is 17.6. The first-order valence-corrected chi connectivity index (χ1v) is 8.35. The van der Waals surface area contributed by atoms with Gasteiger partial charge in [0.1, 0.15) is 24.1 Å². The molecule has 4 atom stereocenters. The van der Waals surface area contributed by atoms with Gasteiger partial charge in [-0.3, -0.25) is 13.9 Å². The van der Waals surface area contributed by atoms with E-state index in [2.05, 4.69) is 19.5 Å². The second-order valence-corrected chi connectivity index (χ2v) is 6.55. The minimum atomic E-state index is -4.75. The first-order valence-electron chi connectivity index (χ1n) is 6.82. The lowest BCUT2D eigenvalue weighted by atomic mass is 10.1. The highest BCUT2D eigenvalue weighted by atomic mass is 31.2. The molecule has 2 aromatic rings. The van der Waals surface area contributed by atoms with Gasteiger partial charge in [0, 0.05) is 0 Å². The summed E-state index contributed by atoms with van der Waals surface area (Å²) in [5.74, 6) is 0.323. The van der Waals surface area contributed by atoms with Crippen LogP contribution in [0.2, 0.25) is 0 Å².